The molecule has 2 aliphatic heterocycles. The number of amides is 2. The van der Waals surface area contributed by atoms with Crippen molar-refractivity contribution in [2.75, 3.05) is 19.6 Å². The van der Waals surface area contributed by atoms with E-state index in [1.54, 1.807) is 6.07 Å². The maximum absolute atomic E-state index is 13.2. The van der Waals surface area contributed by atoms with E-state index in [-0.39, 0.29) is 17.7 Å². The zero-order chi connectivity index (χ0) is 19.7. The van der Waals surface area contributed by atoms with Crippen LogP contribution in [0.25, 0.3) is 0 Å². The summed E-state index contributed by atoms with van der Waals surface area (Å²) in [5.41, 5.74) is 2.18. The minimum Gasteiger partial charge on any atom is -0.483 e. The Kier molecular flexibility index (Phi) is 4.84. The van der Waals surface area contributed by atoms with Crippen LogP contribution in [-0.4, -0.2) is 41.9 Å². The summed E-state index contributed by atoms with van der Waals surface area (Å²) >= 11 is 0. The molecule has 1 N–H and O–H groups in total. The third kappa shape index (κ3) is 3.49. The third-order valence-corrected chi connectivity index (χ3v) is 5.83. The highest BCUT2D eigenvalue weighted by molar-refractivity contribution is 5.97. The smallest absolute Gasteiger partial charge is 0.255 e. The van der Waals surface area contributed by atoms with Gasteiger partial charge in [0.2, 0.25) is 5.91 Å². The van der Waals surface area contributed by atoms with Crippen LogP contribution in [0, 0.1) is 6.92 Å². The Morgan fingerprint density at radius 2 is 1.93 bits per heavy atom. The fraction of sp³-hybridized carbons (Fsp3) is 0.391. The van der Waals surface area contributed by atoms with Gasteiger partial charge in [0.25, 0.3) is 5.91 Å². The molecular weight excluding hydrogens is 352 g/mol. The van der Waals surface area contributed by atoms with E-state index >= 15 is 0 Å². The zero-order valence-corrected chi connectivity index (χ0v) is 16.4. The van der Waals surface area contributed by atoms with Gasteiger partial charge in [0.15, 0.2) is 0 Å². The first-order valence-corrected chi connectivity index (χ1v) is 9.89. The van der Waals surface area contributed by atoms with Gasteiger partial charge in [-0.25, -0.2) is 0 Å². The highest BCUT2D eigenvalue weighted by Crippen LogP contribution is 2.33. The number of likely N-dealkylation sites (tertiary alicyclic amines) is 1. The normalized spacial score (nSPS) is 22.6. The third-order valence-electron chi connectivity index (χ3n) is 5.83. The summed E-state index contributed by atoms with van der Waals surface area (Å²) in [6.07, 6.45) is 1.66. The molecule has 0 aliphatic carbocycles. The van der Waals surface area contributed by atoms with Crippen LogP contribution in [0.15, 0.2) is 48.5 Å². The Morgan fingerprint density at radius 3 is 2.71 bits per heavy atom. The lowest BCUT2D eigenvalue weighted by Crippen LogP contribution is -2.58. The molecule has 2 atom stereocenters. The SMILES string of the molecule is Cc1ccc([C@H](C)C(=O)N2CCC[C@@]3(CNC(=O)c4ccccc4O3)C2)cc1. The number of nitrogens with one attached hydrogen (secondary N) is 1. The fourth-order valence-electron chi connectivity index (χ4n) is 4.13. The van der Waals surface area contributed by atoms with Crippen molar-refractivity contribution < 1.29 is 14.3 Å². The molecule has 0 saturated carbocycles. The molecule has 2 aromatic carbocycles. The molecule has 4 rings (SSSR count). The predicted molar refractivity (Wildman–Crippen MR) is 108 cm³/mol. The van der Waals surface area contributed by atoms with Gasteiger partial charge in [0, 0.05) is 6.54 Å². The predicted octanol–water partition coefficient (Wildman–Crippen LogP) is 3.28. The summed E-state index contributed by atoms with van der Waals surface area (Å²) in [6.45, 7) is 5.61. The lowest BCUT2D eigenvalue weighted by atomic mass is 9.90. The highest BCUT2D eigenvalue weighted by Gasteiger charge is 2.42. The monoisotopic (exact) mass is 378 g/mol. The molecule has 0 aromatic heterocycles. The minimum atomic E-state index is -0.580. The molecule has 2 aliphatic rings. The number of piperidine rings is 1. The van der Waals surface area contributed by atoms with Crippen molar-refractivity contribution in [2.24, 2.45) is 0 Å². The molecule has 28 heavy (non-hydrogen) atoms. The van der Waals surface area contributed by atoms with Gasteiger partial charge in [-0.15, -0.1) is 0 Å². The van der Waals surface area contributed by atoms with Gasteiger partial charge < -0.3 is 15.0 Å². The molecule has 1 spiro atoms. The molecule has 5 nitrogen and oxygen atoms in total. The summed E-state index contributed by atoms with van der Waals surface area (Å²) in [4.78, 5) is 27.5. The molecule has 1 saturated heterocycles. The van der Waals surface area contributed by atoms with Crippen molar-refractivity contribution in [3.63, 3.8) is 0 Å². The molecule has 0 bridgehead atoms. The largest absolute Gasteiger partial charge is 0.483 e. The first kappa shape index (κ1) is 18.5. The summed E-state index contributed by atoms with van der Waals surface area (Å²) in [5, 5.41) is 2.99. The van der Waals surface area contributed by atoms with Crippen LogP contribution < -0.4 is 10.1 Å². The average Bonchev–Trinajstić information content (AvgIpc) is 2.84. The summed E-state index contributed by atoms with van der Waals surface area (Å²) in [7, 11) is 0. The lowest BCUT2D eigenvalue weighted by Gasteiger charge is -2.42. The van der Waals surface area contributed by atoms with Crippen LogP contribution in [-0.2, 0) is 4.79 Å². The van der Waals surface area contributed by atoms with Crippen molar-refractivity contribution in [1.82, 2.24) is 10.2 Å². The van der Waals surface area contributed by atoms with E-state index in [2.05, 4.69) is 5.32 Å². The van der Waals surface area contributed by atoms with Crippen LogP contribution in [0.2, 0.25) is 0 Å². The lowest BCUT2D eigenvalue weighted by molar-refractivity contribution is -0.138. The summed E-state index contributed by atoms with van der Waals surface area (Å²) < 4.78 is 6.36. The van der Waals surface area contributed by atoms with Gasteiger partial charge in [0.05, 0.1) is 24.6 Å². The van der Waals surface area contributed by atoms with Crippen LogP contribution in [0.4, 0.5) is 0 Å². The molecule has 5 heteroatoms. The second-order valence-electron chi connectivity index (χ2n) is 7.96. The number of ether oxygens (including phenoxy) is 1. The summed E-state index contributed by atoms with van der Waals surface area (Å²) in [6, 6.07) is 15.4. The summed E-state index contributed by atoms with van der Waals surface area (Å²) in [5.74, 6) is 0.376. The Hall–Kier alpha value is -2.82. The van der Waals surface area contributed by atoms with Gasteiger partial charge in [-0.2, -0.15) is 0 Å². The quantitative estimate of drug-likeness (QED) is 0.872. The number of rotatable bonds is 2. The highest BCUT2D eigenvalue weighted by atomic mass is 16.5. The number of hydrogen-bond donors (Lipinski definition) is 1. The molecule has 146 valence electrons. The molecule has 2 amide bonds. The van der Waals surface area contributed by atoms with E-state index in [0.29, 0.717) is 24.4 Å². The van der Waals surface area contributed by atoms with E-state index in [1.807, 2.05) is 61.2 Å². The Bertz CT molecular complexity index is 893. The van der Waals surface area contributed by atoms with Crippen LogP contribution in [0.5, 0.6) is 5.75 Å². The van der Waals surface area contributed by atoms with Crippen molar-refractivity contribution in [3.8, 4) is 5.75 Å². The van der Waals surface area contributed by atoms with Gasteiger partial charge in [-0.3, -0.25) is 9.59 Å². The maximum atomic E-state index is 13.2. The second-order valence-corrected chi connectivity index (χ2v) is 7.96. The topological polar surface area (TPSA) is 58.6 Å². The Morgan fingerprint density at radius 1 is 1.18 bits per heavy atom. The first-order chi connectivity index (χ1) is 13.5. The number of carbonyl (C=O) groups is 2. The molecule has 2 heterocycles. The average molecular weight is 378 g/mol. The van der Waals surface area contributed by atoms with E-state index in [9.17, 15) is 9.59 Å². The minimum absolute atomic E-state index is 0.107. The van der Waals surface area contributed by atoms with Crippen molar-refractivity contribution in [1.29, 1.82) is 0 Å². The van der Waals surface area contributed by atoms with Gasteiger partial charge in [-0.1, -0.05) is 42.0 Å². The van der Waals surface area contributed by atoms with Crippen molar-refractivity contribution in [2.45, 2.75) is 38.2 Å². The van der Waals surface area contributed by atoms with E-state index in [1.165, 1.54) is 5.56 Å². The first-order valence-electron chi connectivity index (χ1n) is 9.89. The number of aryl methyl sites for hydroxylation is 1. The maximum Gasteiger partial charge on any atom is 0.255 e. The van der Waals surface area contributed by atoms with E-state index in [0.717, 1.165) is 24.9 Å². The zero-order valence-electron chi connectivity index (χ0n) is 16.4. The molecule has 2 aromatic rings. The van der Waals surface area contributed by atoms with Crippen LogP contribution in [0.1, 0.15) is 47.2 Å². The van der Waals surface area contributed by atoms with Gasteiger partial charge in [-0.05, 0) is 44.4 Å². The number of fused-ring (bicyclic) bond motifs is 1. The van der Waals surface area contributed by atoms with Crippen LogP contribution in [0.3, 0.4) is 0 Å². The molecular formula is C23H26N2O3. The number of carbonyl (C=O) groups excluding carboxylic acids is 2. The van der Waals surface area contributed by atoms with Gasteiger partial charge >= 0.3 is 0 Å². The number of para-hydroxylation sites is 1. The van der Waals surface area contributed by atoms with Crippen molar-refractivity contribution >= 4 is 11.8 Å². The Balaban J connectivity index is 1.55. The standard InChI is InChI=1S/C23H26N2O3/c1-16-8-10-18(11-9-16)17(2)22(27)25-13-5-12-23(15-25)14-24-21(26)19-6-3-4-7-20(19)28-23/h3-4,6-11,17H,5,12-15H2,1-2H3,(H,24,26)/t17-,23+/m0/s1. The Labute approximate surface area is 165 Å². The number of hydrogen-bond acceptors (Lipinski definition) is 3. The molecule has 0 radical (unpaired) electrons. The van der Waals surface area contributed by atoms with E-state index in [4.69, 9.17) is 4.74 Å². The van der Waals surface area contributed by atoms with Crippen LogP contribution >= 0.6 is 0 Å². The van der Waals surface area contributed by atoms with Crippen molar-refractivity contribution in [3.05, 3.63) is 65.2 Å². The fourth-order valence-corrected chi connectivity index (χ4v) is 4.13. The molecule has 0 unspecified atom stereocenters. The molecule has 1 fully saturated rings. The van der Waals surface area contributed by atoms with Gasteiger partial charge in [0.1, 0.15) is 11.4 Å². The second kappa shape index (κ2) is 7.30. The number of nitrogens with zero attached hydrogens (tertiary/aromatic N) is 1. The number of benzene rings is 2. The van der Waals surface area contributed by atoms with E-state index < -0.39 is 5.60 Å².